The molecule has 5 rings (SSSR count). The molecule has 0 saturated heterocycles. The molecule has 0 amide bonds. The maximum absolute atomic E-state index is 9.75. The van der Waals surface area contributed by atoms with Crippen molar-refractivity contribution in [3.05, 3.63) is 64.7 Å². The molecule has 1 aliphatic carbocycles. The van der Waals surface area contributed by atoms with Crippen molar-refractivity contribution in [1.82, 2.24) is 19.6 Å². The van der Waals surface area contributed by atoms with E-state index in [9.17, 15) is 17.3 Å². The van der Waals surface area contributed by atoms with Gasteiger partial charge in [-0.15, -0.1) is 14.5 Å². The van der Waals surface area contributed by atoms with Crippen LogP contribution < -0.4 is 9.30 Å². The van der Waals surface area contributed by atoms with Crippen LogP contribution in [0.15, 0.2) is 36.5 Å². The lowest BCUT2D eigenvalue weighted by Crippen LogP contribution is -2.28. The Balaban J connectivity index is 0.000000527. The summed E-state index contributed by atoms with van der Waals surface area (Å²) >= 11 is 0. The first kappa shape index (κ1) is 24.6. The summed E-state index contributed by atoms with van der Waals surface area (Å²) in [4.78, 5) is 11.8. The van der Waals surface area contributed by atoms with E-state index in [0.717, 1.165) is 43.1 Å². The van der Waals surface area contributed by atoms with Crippen molar-refractivity contribution < 1.29 is 21.7 Å². The Morgan fingerprint density at radius 3 is 2.34 bits per heavy atom. The highest BCUT2D eigenvalue weighted by atomic mass is 19.5. The summed E-state index contributed by atoms with van der Waals surface area (Å²) in [6, 6.07) is 10.9. The molecule has 6 nitrogen and oxygen atoms in total. The molecule has 35 heavy (non-hydrogen) atoms. The highest BCUT2D eigenvalue weighted by Crippen LogP contribution is 2.31. The second-order valence-corrected chi connectivity index (χ2v) is 8.45. The van der Waals surface area contributed by atoms with E-state index in [-0.39, 0.29) is 0 Å². The number of aromatic nitrogens is 5. The summed E-state index contributed by atoms with van der Waals surface area (Å²) in [6.07, 6.45) is 6.28. The van der Waals surface area contributed by atoms with Crippen molar-refractivity contribution in [3.8, 4) is 0 Å². The molecule has 0 aliphatic heterocycles. The lowest BCUT2D eigenvalue weighted by atomic mass is 10.1. The predicted octanol–water partition coefficient (Wildman–Crippen LogP) is 5.11. The van der Waals surface area contributed by atoms with Crippen molar-refractivity contribution in [1.29, 1.82) is 0 Å². The fraction of sp³-hybridized carbons (Fsp3) is 0.333. The third-order valence-corrected chi connectivity index (χ3v) is 6.00. The molecule has 0 atom stereocenters. The lowest BCUT2D eigenvalue weighted by molar-refractivity contribution is -0.491. The maximum atomic E-state index is 9.75. The number of fused-ring (bicyclic) bond motifs is 5. The fourth-order valence-electron chi connectivity index (χ4n) is 4.51. The van der Waals surface area contributed by atoms with Gasteiger partial charge in [0.1, 0.15) is 0 Å². The Kier molecular flexibility index (Phi) is 6.78. The zero-order valence-corrected chi connectivity index (χ0v) is 20.1. The highest BCUT2D eigenvalue weighted by Gasteiger charge is 2.28. The Morgan fingerprint density at radius 2 is 1.71 bits per heavy atom. The Morgan fingerprint density at radius 1 is 1.06 bits per heavy atom. The Hall–Kier alpha value is -3.50. The number of hydrogen-bond donors (Lipinski definition) is 0. The number of halogens is 4. The van der Waals surface area contributed by atoms with Crippen LogP contribution >= 0.6 is 0 Å². The summed E-state index contributed by atoms with van der Waals surface area (Å²) in [5, 5.41) is 4.70. The van der Waals surface area contributed by atoms with Crippen molar-refractivity contribution in [2.45, 2.75) is 40.5 Å². The van der Waals surface area contributed by atoms with E-state index in [1.807, 2.05) is 23.7 Å². The molecule has 4 aromatic rings. The van der Waals surface area contributed by atoms with Crippen molar-refractivity contribution >= 4 is 36.1 Å². The molecule has 0 bridgehead atoms. The number of nitrogens with zero attached hydrogens (tertiary/aromatic N) is 6. The molecule has 0 saturated carbocycles. The Bertz CT molecular complexity index is 1390. The summed E-state index contributed by atoms with van der Waals surface area (Å²) in [6.45, 7) is 10.5. The minimum absolute atomic E-state index is 0.694. The van der Waals surface area contributed by atoms with Gasteiger partial charge in [0.05, 0.1) is 23.3 Å². The molecule has 1 aromatic carbocycles. The van der Waals surface area contributed by atoms with Crippen LogP contribution in [0.5, 0.6) is 0 Å². The van der Waals surface area contributed by atoms with Crippen LogP contribution in [0.1, 0.15) is 48.5 Å². The largest absolute Gasteiger partial charge is 0.673 e. The molecule has 0 fully saturated rings. The second kappa shape index (κ2) is 9.63. The molecular formula is C24H27BF4N6. The van der Waals surface area contributed by atoms with Crippen LogP contribution in [-0.4, -0.2) is 39.9 Å². The van der Waals surface area contributed by atoms with Crippen molar-refractivity contribution in [3.63, 3.8) is 0 Å². The van der Waals surface area contributed by atoms with E-state index in [0.29, 0.717) is 5.78 Å². The average Bonchev–Trinajstić information content (AvgIpc) is 3.36. The molecule has 11 heteroatoms. The van der Waals surface area contributed by atoms with E-state index >= 15 is 0 Å². The SMILES string of the molecule is CCN(CC)c1ccc(C=C2CCc3cnc4nn5c(C)cc(C)nc5[n+]4c32)cc1.F[B-](F)(F)F. The van der Waals surface area contributed by atoms with Crippen molar-refractivity contribution in [2.75, 3.05) is 18.0 Å². The second-order valence-electron chi connectivity index (χ2n) is 8.45. The fourth-order valence-corrected chi connectivity index (χ4v) is 4.51. The van der Waals surface area contributed by atoms with Gasteiger partial charge in [0.15, 0.2) is 0 Å². The molecule has 0 spiro atoms. The maximum Gasteiger partial charge on any atom is 0.673 e. The number of allylic oxidation sites excluding steroid dienone is 1. The predicted molar refractivity (Wildman–Crippen MR) is 130 cm³/mol. The molecule has 0 N–H and O–H groups in total. The third-order valence-electron chi connectivity index (χ3n) is 6.00. The van der Waals surface area contributed by atoms with Gasteiger partial charge in [0, 0.05) is 35.5 Å². The zero-order chi connectivity index (χ0) is 25.3. The van der Waals surface area contributed by atoms with Gasteiger partial charge in [0.25, 0.3) is 0 Å². The smallest absolute Gasteiger partial charge is 0.418 e. The number of rotatable bonds is 4. The molecule has 1 aliphatic rings. The van der Waals surface area contributed by atoms with Gasteiger partial charge in [0.2, 0.25) is 0 Å². The van der Waals surface area contributed by atoms with E-state index in [2.05, 4.69) is 65.4 Å². The van der Waals surface area contributed by atoms with Crippen LogP contribution in [0.4, 0.5) is 23.0 Å². The average molecular weight is 486 g/mol. The van der Waals surface area contributed by atoms with Gasteiger partial charge in [-0.2, -0.15) is 4.40 Å². The molecular weight excluding hydrogens is 459 g/mol. The summed E-state index contributed by atoms with van der Waals surface area (Å²) in [5.74, 6) is 1.52. The van der Waals surface area contributed by atoms with Gasteiger partial charge >= 0.3 is 18.8 Å². The van der Waals surface area contributed by atoms with Gasteiger partial charge in [-0.3, -0.25) is 0 Å². The molecule has 3 aromatic heterocycles. The highest BCUT2D eigenvalue weighted by molar-refractivity contribution is 6.50. The number of aryl methyl sites for hydroxylation is 3. The number of benzene rings is 1. The van der Waals surface area contributed by atoms with E-state index in [4.69, 9.17) is 10.1 Å². The van der Waals surface area contributed by atoms with Gasteiger partial charge in [-0.1, -0.05) is 12.1 Å². The molecule has 184 valence electrons. The summed E-state index contributed by atoms with van der Waals surface area (Å²) in [5.41, 5.74) is 8.31. The minimum atomic E-state index is -6.00. The summed E-state index contributed by atoms with van der Waals surface area (Å²) in [7, 11) is -6.00. The quantitative estimate of drug-likeness (QED) is 0.229. The normalized spacial score (nSPS) is 14.3. The summed E-state index contributed by atoms with van der Waals surface area (Å²) < 4.78 is 43.0. The van der Waals surface area contributed by atoms with Crippen LogP contribution in [0.3, 0.4) is 0 Å². The first-order chi connectivity index (χ1) is 16.6. The van der Waals surface area contributed by atoms with E-state index < -0.39 is 7.25 Å². The number of anilines is 1. The van der Waals surface area contributed by atoms with Gasteiger partial charge in [-0.05, 0) is 69.9 Å². The van der Waals surface area contributed by atoms with Crippen molar-refractivity contribution in [2.24, 2.45) is 0 Å². The zero-order valence-electron chi connectivity index (χ0n) is 20.1. The minimum Gasteiger partial charge on any atom is -0.418 e. The monoisotopic (exact) mass is 486 g/mol. The van der Waals surface area contributed by atoms with Crippen LogP contribution in [0, 0.1) is 13.8 Å². The first-order valence-corrected chi connectivity index (χ1v) is 11.6. The van der Waals surface area contributed by atoms with Gasteiger partial charge < -0.3 is 22.2 Å². The van der Waals surface area contributed by atoms with E-state index in [1.54, 1.807) is 0 Å². The van der Waals surface area contributed by atoms with Crippen LogP contribution in [0.2, 0.25) is 0 Å². The molecule has 0 unspecified atom stereocenters. The lowest BCUT2D eigenvalue weighted by Gasteiger charge is -2.20. The van der Waals surface area contributed by atoms with Crippen LogP contribution in [0.25, 0.3) is 23.2 Å². The van der Waals surface area contributed by atoms with Gasteiger partial charge in [-0.25, -0.2) is 0 Å². The molecule has 3 heterocycles. The van der Waals surface area contributed by atoms with E-state index in [1.165, 1.54) is 28.1 Å². The number of hydrogen-bond acceptors (Lipinski definition) is 4. The first-order valence-electron chi connectivity index (χ1n) is 11.6. The van der Waals surface area contributed by atoms with Crippen LogP contribution in [-0.2, 0) is 6.42 Å². The third kappa shape index (κ3) is 5.28. The standard InChI is InChI=1S/C24H27N6.BF4/c1-5-28(6-2)21-11-7-18(8-12-21)14-19-9-10-20-15-25-23-27-30-17(4)13-16(3)26-24(30)29(23)22(19)20;2-1(3,4)5/h7-8,11-15H,5-6,9-10H2,1-4H3;/q+1;-1. The Labute approximate surface area is 201 Å². The topological polar surface area (TPSA) is 50.4 Å². The molecule has 0 radical (unpaired) electrons.